The van der Waals surface area contributed by atoms with Crippen molar-refractivity contribution in [3.63, 3.8) is 0 Å². The van der Waals surface area contributed by atoms with Crippen molar-refractivity contribution in [3.05, 3.63) is 70.2 Å². The Hall–Kier alpha value is -3.45. The van der Waals surface area contributed by atoms with Gasteiger partial charge in [0.2, 0.25) is 0 Å². The molecule has 0 saturated heterocycles. The third-order valence-corrected chi connectivity index (χ3v) is 4.45. The average molecular weight is 393 g/mol. The minimum absolute atomic E-state index is 0.275. The van der Waals surface area contributed by atoms with Crippen molar-refractivity contribution in [3.8, 4) is 11.5 Å². The van der Waals surface area contributed by atoms with E-state index in [1.54, 1.807) is 18.2 Å². The molecule has 1 aromatic carbocycles. The molecule has 3 rings (SSSR count). The van der Waals surface area contributed by atoms with E-state index in [2.05, 4.69) is 4.98 Å². The third-order valence-electron chi connectivity index (χ3n) is 4.45. The second kappa shape index (κ2) is 8.70. The molecule has 0 amide bonds. The summed E-state index contributed by atoms with van der Waals surface area (Å²) in [7, 11) is 5.46. The summed E-state index contributed by atoms with van der Waals surface area (Å²) in [5.41, 5.74) is 0.198. The number of ketones is 1. The number of aromatic nitrogens is 2. The Labute approximate surface area is 168 Å². The molecule has 1 N–H and O–H groups in total. The predicted molar refractivity (Wildman–Crippen MR) is 113 cm³/mol. The Morgan fingerprint density at radius 1 is 1.28 bits per heavy atom. The molecule has 0 spiro atoms. The molecule has 7 heteroatoms. The molecule has 2 aromatic heterocycles. The number of carbonyl (C=O) groups excluding carboxylic acids is 1. The number of ether oxygens (including phenoxy) is 1. The molecule has 0 aliphatic carbocycles. The van der Waals surface area contributed by atoms with E-state index in [0.717, 1.165) is 12.1 Å². The van der Waals surface area contributed by atoms with Crippen molar-refractivity contribution in [2.45, 2.75) is 0 Å². The van der Waals surface area contributed by atoms with Gasteiger partial charge in [-0.1, -0.05) is 18.2 Å². The molecule has 0 atom stereocenters. The summed E-state index contributed by atoms with van der Waals surface area (Å²) in [6.45, 7) is 1.34. The number of hydrogen-bond donors (Lipinski definition) is 1. The van der Waals surface area contributed by atoms with Gasteiger partial charge >= 0.3 is 0 Å². The number of likely N-dealkylation sites (N-methyl/N-ethyl adjacent to an activating group) is 1. The Bertz CT molecular complexity index is 1130. The number of pyridine rings is 2. The number of rotatable bonds is 7. The van der Waals surface area contributed by atoms with Gasteiger partial charge in [-0.25, -0.2) is 4.98 Å². The van der Waals surface area contributed by atoms with E-state index >= 15 is 0 Å². The van der Waals surface area contributed by atoms with E-state index in [4.69, 9.17) is 4.74 Å². The van der Waals surface area contributed by atoms with Crippen LogP contribution in [0.2, 0.25) is 0 Å². The van der Waals surface area contributed by atoms with Crippen LogP contribution in [0.15, 0.2) is 53.5 Å². The first-order valence-electron chi connectivity index (χ1n) is 9.15. The third kappa shape index (κ3) is 4.52. The van der Waals surface area contributed by atoms with Crippen LogP contribution in [0, 0.1) is 0 Å². The highest BCUT2D eigenvalue weighted by Crippen LogP contribution is 2.25. The zero-order valence-electron chi connectivity index (χ0n) is 16.6. The highest BCUT2D eigenvalue weighted by molar-refractivity contribution is 6.10. The molecule has 7 nitrogen and oxygen atoms in total. The van der Waals surface area contributed by atoms with E-state index < -0.39 is 11.3 Å². The Kier molecular flexibility index (Phi) is 6.09. The van der Waals surface area contributed by atoms with Crippen molar-refractivity contribution < 1.29 is 14.6 Å². The molecule has 2 heterocycles. The van der Waals surface area contributed by atoms with Crippen molar-refractivity contribution >= 4 is 22.9 Å². The predicted octanol–water partition coefficient (Wildman–Crippen LogP) is 2.48. The maximum absolute atomic E-state index is 12.7. The highest BCUT2D eigenvalue weighted by Gasteiger charge is 2.19. The van der Waals surface area contributed by atoms with Gasteiger partial charge in [0, 0.05) is 19.8 Å². The summed E-state index contributed by atoms with van der Waals surface area (Å²) >= 11 is 0. The van der Waals surface area contributed by atoms with Crippen LogP contribution in [-0.2, 0) is 7.05 Å². The van der Waals surface area contributed by atoms with Crippen LogP contribution >= 0.6 is 0 Å². The van der Waals surface area contributed by atoms with E-state index in [-0.39, 0.29) is 11.3 Å². The molecular formula is C22H23N3O4. The van der Waals surface area contributed by atoms with Gasteiger partial charge in [-0.05, 0) is 50.0 Å². The Morgan fingerprint density at radius 3 is 2.83 bits per heavy atom. The summed E-state index contributed by atoms with van der Waals surface area (Å²) < 4.78 is 6.95. The number of nitrogens with zero attached hydrogens (tertiary/aromatic N) is 3. The molecule has 29 heavy (non-hydrogen) atoms. The zero-order valence-corrected chi connectivity index (χ0v) is 16.6. The molecule has 0 unspecified atom stereocenters. The fourth-order valence-corrected chi connectivity index (χ4v) is 2.88. The van der Waals surface area contributed by atoms with Gasteiger partial charge in [0.25, 0.3) is 5.56 Å². The van der Waals surface area contributed by atoms with E-state index in [9.17, 15) is 14.7 Å². The number of fused-ring (bicyclic) bond motifs is 1. The van der Waals surface area contributed by atoms with Crippen LogP contribution < -0.4 is 10.3 Å². The molecule has 150 valence electrons. The lowest BCUT2D eigenvalue weighted by molar-refractivity contribution is 0.104. The Balaban J connectivity index is 1.86. The fraction of sp³-hybridized carbons (Fsp3) is 0.227. The molecule has 0 saturated carbocycles. The van der Waals surface area contributed by atoms with Crippen molar-refractivity contribution in [1.29, 1.82) is 0 Å². The van der Waals surface area contributed by atoms with Crippen LogP contribution in [0.25, 0.3) is 17.1 Å². The van der Waals surface area contributed by atoms with Gasteiger partial charge in [-0.2, -0.15) is 0 Å². The lowest BCUT2D eigenvalue weighted by atomic mass is 10.1. The van der Waals surface area contributed by atoms with Gasteiger partial charge in [0.1, 0.15) is 29.3 Å². The normalized spacial score (nSPS) is 11.4. The number of allylic oxidation sites excluding steroid dienone is 1. The molecule has 0 aliphatic rings. The van der Waals surface area contributed by atoms with Gasteiger partial charge in [-0.15, -0.1) is 0 Å². The minimum atomic E-state index is -0.593. The highest BCUT2D eigenvalue weighted by atomic mass is 16.5. The minimum Gasteiger partial charge on any atom is -0.506 e. The van der Waals surface area contributed by atoms with E-state index in [1.165, 1.54) is 23.9 Å². The molecule has 0 aliphatic heterocycles. The average Bonchev–Trinajstić information content (AvgIpc) is 2.71. The summed E-state index contributed by atoms with van der Waals surface area (Å²) in [5.74, 6) is -0.239. The molecule has 0 fully saturated rings. The number of aromatic hydroxyl groups is 1. The summed E-state index contributed by atoms with van der Waals surface area (Å²) in [5, 5.41) is 10.8. The number of aryl methyl sites for hydroxylation is 1. The summed E-state index contributed by atoms with van der Waals surface area (Å²) in [6, 6.07) is 10.6. The van der Waals surface area contributed by atoms with Gasteiger partial charge in [0.15, 0.2) is 5.78 Å². The lowest BCUT2D eigenvalue weighted by Gasteiger charge is -2.11. The number of carbonyl (C=O) groups is 1. The maximum Gasteiger partial charge on any atom is 0.266 e. The first-order chi connectivity index (χ1) is 13.9. The van der Waals surface area contributed by atoms with Gasteiger partial charge in [0.05, 0.1) is 5.39 Å². The zero-order chi connectivity index (χ0) is 21.0. The second-order valence-electron chi connectivity index (χ2n) is 6.88. The molecule has 0 radical (unpaired) electrons. The standard InChI is InChI=1S/C22H23N3O4/c1-24(2)12-13-29-16-7-4-6-15(14-16)9-10-18(26)19-20(27)17-8-5-11-23-21(17)25(3)22(19)28/h4-11,14,27H,12-13H2,1-3H3. The van der Waals surface area contributed by atoms with Crippen molar-refractivity contribution in [2.24, 2.45) is 7.05 Å². The van der Waals surface area contributed by atoms with Crippen LogP contribution in [0.1, 0.15) is 15.9 Å². The van der Waals surface area contributed by atoms with E-state index in [1.807, 2.05) is 43.3 Å². The molecule has 3 aromatic rings. The second-order valence-corrected chi connectivity index (χ2v) is 6.88. The molecule has 0 bridgehead atoms. The maximum atomic E-state index is 12.7. The van der Waals surface area contributed by atoms with Crippen LogP contribution in [-0.4, -0.2) is 52.6 Å². The van der Waals surface area contributed by atoms with E-state index in [0.29, 0.717) is 23.4 Å². The topological polar surface area (TPSA) is 84.7 Å². The van der Waals surface area contributed by atoms with Crippen LogP contribution in [0.5, 0.6) is 11.5 Å². The molecular weight excluding hydrogens is 370 g/mol. The SMILES string of the molecule is CN(C)CCOc1cccc(C=CC(=O)c2c(O)c3cccnc3n(C)c2=O)c1. The largest absolute Gasteiger partial charge is 0.506 e. The van der Waals surface area contributed by atoms with Crippen LogP contribution in [0.4, 0.5) is 0 Å². The monoisotopic (exact) mass is 393 g/mol. The lowest BCUT2D eigenvalue weighted by Crippen LogP contribution is -2.24. The smallest absolute Gasteiger partial charge is 0.266 e. The number of benzene rings is 1. The number of hydrogen-bond acceptors (Lipinski definition) is 6. The first-order valence-corrected chi connectivity index (χ1v) is 9.15. The first kappa shape index (κ1) is 20.3. The van der Waals surface area contributed by atoms with Crippen molar-refractivity contribution in [1.82, 2.24) is 14.5 Å². The fourth-order valence-electron chi connectivity index (χ4n) is 2.88. The van der Waals surface area contributed by atoms with Crippen molar-refractivity contribution in [2.75, 3.05) is 27.2 Å². The van der Waals surface area contributed by atoms with Crippen LogP contribution in [0.3, 0.4) is 0 Å². The summed E-state index contributed by atoms with van der Waals surface area (Å²) in [4.78, 5) is 31.4. The summed E-state index contributed by atoms with van der Waals surface area (Å²) in [6.07, 6.45) is 4.39. The quantitative estimate of drug-likeness (QED) is 0.490. The van der Waals surface area contributed by atoms with Gasteiger partial charge < -0.3 is 14.7 Å². The Morgan fingerprint density at radius 2 is 2.07 bits per heavy atom. The van der Waals surface area contributed by atoms with Gasteiger partial charge in [-0.3, -0.25) is 14.2 Å².